The van der Waals surface area contributed by atoms with Gasteiger partial charge in [-0.3, -0.25) is 4.79 Å². The zero-order valence-electron chi connectivity index (χ0n) is 16.7. The predicted octanol–water partition coefficient (Wildman–Crippen LogP) is 5.37. The number of hydrogen-bond acceptors (Lipinski definition) is 2. The van der Waals surface area contributed by atoms with Crippen molar-refractivity contribution in [2.45, 2.75) is 39.3 Å². The van der Waals surface area contributed by atoms with Crippen molar-refractivity contribution in [1.82, 2.24) is 5.32 Å². The van der Waals surface area contributed by atoms with E-state index in [9.17, 15) is 4.79 Å². The van der Waals surface area contributed by atoms with E-state index in [4.69, 9.17) is 4.74 Å². The van der Waals surface area contributed by atoms with Crippen LogP contribution in [-0.4, -0.2) is 12.0 Å². The summed E-state index contributed by atoms with van der Waals surface area (Å²) in [7, 11) is 0. The number of carbonyl (C=O) groups excluding carboxylic acids is 1. The molecule has 0 aliphatic carbocycles. The van der Waals surface area contributed by atoms with Gasteiger partial charge in [0.05, 0.1) is 6.04 Å². The monoisotopic (exact) mass is 373 g/mol. The third-order valence-electron chi connectivity index (χ3n) is 4.97. The quantitative estimate of drug-likeness (QED) is 0.605. The molecule has 0 aromatic heterocycles. The maximum absolute atomic E-state index is 13.1. The van der Waals surface area contributed by atoms with Crippen molar-refractivity contribution >= 4 is 5.91 Å². The van der Waals surface area contributed by atoms with Crippen LogP contribution in [0, 0.1) is 13.8 Å². The zero-order valence-corrected chi connectivity index (χ0v) is 16.7. The molecule has 0 spiro atoms. The van der Waals surface area contributed by atoms with Crippen LogP contribution in [0.1, 0.15) is 41.6 Å². The molecule has 28 heavy (non-hydrogen) atoms. The van der Waals surface area contributed by atoms with Gasteiger partial charge in [0.25, 0.3) is 5.91 Å². The van der Waals surface area contributed by atoms with Crippen LogP contribution < -0.4 is 10.1 Å². The average molecular weight is 373 g/mol. The first kappa shape index (κ1) is 19.7. The summed E-state index contributed by atoms with van der Waals surface area (Å²) in [5, 5.41) is 3.18. The van der Waals surface area contributed by atoms with E-state index in [1.54, 1.807) is 0 Å². The highest BCUT2D eigenvalue weighted by Gasteiger charge is 2.23. The topological polar surface area (TPSA) is 38.3 Å². The van der Waals surface area contributed by atoms with Gasteiger partial charge >= 0.3 is 0 Å². The van der Waals surface area contributed by atoms with E-state index in [1.165, 1.54) is 5.56 Å². The van der Waals surface area contributed by atoms with E-state index in [1.807, 2.05) is 92.7 Å². The Kier molecular flexibility index (Phi) is 6.49. The SMILES string of the molecule is CC[C@H](Oc1ccc(C)c(C)c1)C(=O)NC(c1ccccc1)c1ccccc1. The van der Waals surface area contributed by atoms with Crippen molar-refractivity contribution in [2.75, 3.05) is 0 Å². The van der Waals surface area contributed by atoms with Gasteiger partial charge in [0.15, 0.2) is 6.10 Å². The van der Waals surface area contributed by atoms with Crippen molar-refractivity contribution in [3.05, 3.63) is 101 Å². The molecule has 3 heteroatoms. The highest BCUT2D eigenvalue weighted by Crippen LogP contribution is 2.23. The first-order valence-electron chi connectivity index (χ1n) is 9.72. The molecular weight excluding hydrogens is 346 g/mol. The molecule has 0 fully saturated rings. The van der Waals surface area contributed by atoms with Gasteiger partial charge < -0.3 is 10.1 Å². The molecular formula is C25H27NO2. The lowest BCUT2D eigenvalue weighted by Gasteiger charge is -2.24. The lowest BCUT2D eigenvalue weighted by atomic mass is 9.98. The second-order valence-corrected chi connectivity index (χ2v) is 7.02. The first-order valence-corrected chi connectivity index (χ1v) is 9.72. The van der Waals surface area contributed by atoms with Gasteiger partial charge in [0.2, 0.25) is 0 Å². The van der Waals surface area contributed by atoms with E-state index >= 15 is 0 Å². The third-order valence-corrected chi connectivity index (χ3v) is 4.97. The summed E-state index contributed by atoms with van der Waals surface area (Å²) in [5.41, 5.74) is 4.45. The van der Waals surface area contributed by atoms with Crippen LogP contribution >= 0.6 is 0 Å². The minimum atomic E-state index is -0.544. The Labute approximate surface area is 167 Å². The summed E-state index contributed by atoms with van der Waals surface area (Å²) in [6.07, 6.45) is 0.0479. The number of ether oxygens (including phenoxy) is 1. The first-order chi connectivity index (χ1) is 13.6. The fourth-order valence-corrected chi connectivity index (χ4v) is 3.16. The molecule has 0 heterocycles. The largest absolute Gasteiger partial charge is 0.481 e. The molecule has 144 valence electrons. The molecule has 0 saturated heterocycles. The second-order valence-electron chi connectivity index (χ2n) is 7.02. The lowest BCUT2D eigenvalue weighted by molar-refractivity contribution is -0.128. The van der Waals surface area contributed by atoms with Crippen molar-refractivity contribution in [3.8, 4) is 5.75 Å². The molecule has 0 unspecified atom stereocenters. The number of aryl methyl sites for hydroxylation is 2. The third kappa shape index (κ3) is 4.80. The fraction of sp³-hybridized carbons (Fsp3) is 0.240. The molecule has 0 aliphatic heterocycles. The maximum Gasteiger partial charge on any atom is 0.261 e. The van der Waals surface area contributed by atoms with Crippen LogP contribution in [0.3, 0.4) is 0 Å². The molecule has 0 radical (unpaired) electrons. The van der Waals surface area contributed by atoms with E-state index < -0.39 is 6.10 Å². The number of amides is 1. The van der Waals surface area contributed by atoms with Crippen molar-refractivity contribution in [2.24, 2.45) is 0 Å². The number of carbonyl (C=O) groups is 1. The van der Waals surface area contributed by atoms with Gasteiger partial charge in [0, 0.05) is 0 Å². The molecule has 1 amide bonds. The summed E-state index contributed by atoms with van der Waals surface area (Å²) in [4.78, 5) is 13.1. The van der Waals surface area contributed by atoms with Gasteiger partial charge in [0.1, 0.15) is 5.75 Å². The maximum atomic E-state index is 13.1. The number of hydrogen-bond donors (Lipinski definition) is 1. The average Bonchev–Trinajstić information content (AvgIpc) is 2.74. The van der Waals surface area contributed by atoms with Crippen LogP contribution in [0.4, 0.5) is 0 Å². The highest BCUT2D eigenvalue weighted by atomic mass is 16.5. The molecule has 1 N–H and O–H groups in total. The van der Waals surface area contributed by atoms with Crippen LogP contribution in [0.25, 0.3) is 0 Å². The van der Waals surface area contributed by atoms with Crippen LogP contribution in [0.2, 0.25) is 0 Å². The summed E-state index contributed by atoms with van der Waals surface area (Å²) >= 11 is 0. The summed E-state index contributed by atoms with van der Waals surface area (Å²) in [6, 6.07) is 25.7. The van der Waals surface area contributed by atoms with Crippen LogP contribution in [0.5, 0.6) is 5.75 Å². The van der Waals surface area contributed by atoms with Crippen LogP contribution in [-0.2, 0) is 4.79 Å². The van der Waals surface area contributed by atoms with Gasteiger partial charge in [-0.2, -0.15) is 0 Å². The minimum Gasteiger partial charge on any atom is -0.481 e. The number of benzene rings is 3. The molecule has 0 bridgehead atoms. The summed E-state index contributed by atoms with van der Waals surface area (Å²) in [6.45, 7) is 6.07. The Balaban J connectivity index is 1.80. The second kappa shape index (κ2) is 9.23. The Morgan fingerprint density at radius 1 is 0.857 bits per heavy atom. The Morgan fingerprint density at radius 2 is 1.43 bits per heavy atom. The van der Waals surface area contributed by atoms with Crippen molar-refractivity contribution in [1.29, 1.82) is 0 Å². The van der Waals surface area contributed by atoms with Crippen LogP contribution in [0.15, 0.2) is 78.9 Å². The molecule has 3 nitrogen and oxygen atoms in total. The lowest BCUT2D eigenvalue weighted by Crippen LogP contribution is -2.40. The highest BCUT2D eigenvalue weighted by molar-refractivity contribution is 5.82. The van der Waals surface area contributed by atoms with Gasteiger partial charge in [-0.05, 0) is 54.7 Å². The Bertz CT molecular complexity index is 867. The van der Waals surface area contributed by atoms with E-state index in [0.717, 1.165) is 22.4 Å². The Morgan fingerprint density at radius 3 is 1.93 bits per heavy atom. The van der Waals surface area contributed by atoms with Gasteiger partial charge in [-0.1, -0.05) is 73.7 Å². The molecule has 3 aromatic carbocycles. The molecule has 0 aliphatic rings. The number of nitrogens with one attached hydrogen (secondary N) is 1. The minimum absolute atomic E-state index is 0.113. The van der Waals surface area contributed by atoms with E-state index in [-0.39, 0.29) is 11.9 Å². The molecule has 0 saturated carbocycles. The Hall–Kier alpha value is -3.07. The normalized spacial score (nSPS) is 11.9. The summed E-state index contributed by atoms with van der Waals surface area (Å²) < 4.78 is 6.02. The van der Waals surface area contributed by atoms with Gasteiger partial charge in [-0.15, -0.1) is 0 Å². The zero-order chi connectivity index (χ0) is 19.9. The van der Waals surface area contributed by atoms with E-state index in [2.05, 4.69) is 12.2 Å². The molecule has 3 rings (SSSR count). The van der Waals surface area contributed by atoms with Gasteiger partial charge in [-0.25, -0.2) is 0 Å². The molecule has 3 aromatic rings. The predicted molar refractivity (Wildman–Crippen MR) is 113 cm³/mol. The van der Waals surface area contributed by atoms with Crippen molar-refractivity contribution < 1.29 is 9.53 Å². The standard InChI is InChI=1S/C25H27NO2/c1-4-23(28-22-16-15-18(2)19(3)17-22)25(27)26-24(20-11-7-5-8-12-20)21-13-9-6-10-14-21/h5-17,23-24H,4H2,1-3H3,(H,26,27)/t23-/m0/s1. The smallest absolute Gasteiger partial charge is 0.261 e. The summed E-state index contributed by atoms with van der Waals surface area (Å²) in [5.74, 6) is 0.611. The fourth-order valence-electron chi connectivity index (χ4n) is 3.16. The molecule has 1 atom stereocenters. The van der Waals surface area contributed by atoms with Crippen molar-refractivity contribution in [3.63, 3.8) is 0 Å². The van der Waals surface area contributed by atoms with E-state index in [0.29, 0.717) is 6.42 Å². The number of rotatable bonds is 7.